The first kappa shape index (κ1) is 22.4. The molecule has 1 amide bonds. The first-order chi connectivity index (χ1) is 13.8. The lowest BCUT2D eigenvalue weighted by molar-refractivity contribution is -0.126. The number of halogens is 3. The smallest absolute Gasteiger partial charge is 0.224 e. The summed E-state index contributed by atoms with van der Waals surface area (Å²) in [6, 6.07) is 12.2. The first-order valence-corrected chi connectivity index (χ1v) is 11.9. The van der Waals surface area contributed by atoms with Crippen LogP contribution in [0.4, 0.5) is 0 Å². The van der Waals surface area contributed by atoms with E-state index in [2.05, 4.69) is 5.32 Å². The molecule has 0 spiro atoms. The minimum atomic E-state index is -3.66. The summed E-state index contributed by atoms with van der Waals surface area (Å²) < 4.78 is 27.2. The highest BCUT2D eigenvalue weighted by Crippen LogP contribution is 2.29. The molecule has 0 saturated carbocycles. The van der Waals surface area contributed by atoms with Gasteiger partial charge in [0.15, 0.2) is 0 Å². The average molecular weight is 476 g/mol. The lowest BCUT2D eigenvalue weighted by Crippen LogP contribution is -2.45. The molecule has 1 aliphatic rings. The van der Waals surface area contributed by atoms with Gasteiger partial charge in [0.25, 0.3) is 0 Å². The number of nitrogens with one attached hydrogen (secondary N) is 1. The third-order valence-corrected chi connectivity index (χ3v) is 7.80. The van der Waals surface area contributed by atoms with Crippen molar-refractivity contribution in [3.05, 3.63) is 68.7 Å². The number of hydrogen-bond acceptors (Lipinski definition) is 3. The molecule has 1 atom stereocenters. The predicted molar refractivity (Wildman–Crippen MR) is 117 cm³/mol. The summed E-state index contributed by atoms with van der Waals surface area (Å²) >= 11 is 18.4. The molecule has 1 N–H and O–H groups in total. The van der Waals surface area contributed by atoms with Crippen LogP contribution in [0.3, 0.4) is 0 Å². The molecule has 5 nitrogen and oxygen atoms in total. The van der Waals surface area contributed by atoms with Crippen molar-refractivity contribution in [3.8, 4) is 0 Å². The molecule has 0 bridgehead atoms. The van der Waals surface area contributed by atoms with Crippen LogP contribution in [-0.2, 0) is 27.1 Å². The number of amides is 1. The van der Waals surface area contributed by atoms with Gasteiger partial charge >= 0.3 is 0 Å². The number of carbonyl (C=O) groups is 1. The lowest BCUT2D eigenvalue weighted by atomic mass is 9.99. The molecule has 29 heavy (non-hydrogen) atoms. The van der Waals surface area contributed by atoms with Crippen LogP contribution in [0, 0.1) is 5.92 Å². The molecule has 1 aliphatic heterocycles. The zero-order valence-electron chi connectivity index (χ0n) is 15.6. The summed E-state index contributed by atoms with van der Waals surface area (Å²) in [5, 5.41) is 4.07. The van der Waals surface area contributed by atoms with Gasteiger partial charge in [0.2, 0.25) is 15.9 Å². The molecule has 3 rings (SSSR count). The summed E-state index contributed by atoms with van der Waals surface area (Å²) in [4.78, 5) is 12.6. The van der Waals surface area contributed by atoms with Crippen molar-refractivity contribution in [2.75, 3.05) is 13.1 Å². The maximum Gasteiger partial charge on any atom is 0.224 e. The van der Waals surface area contributed by atoms with Crippen molar-refractivity contribution >= 4 is 50.7 Å². The second-order valence-corrected chi connectivity index (χ2v) is 10.2. The van der Waals surface area contributed by atoms with Crippen molar-refractivity contribution in [1.82, 2.24) is 9.62 Å². The molecule has 156 valence electrons. The standard InChI is InChI=1S/C20H21Cl3N2O3S/c21-17-7-2-1-5-14(17)11-24-20(26)15-6-4-10-25(12-15)29(27,28)13-16-18(22)8-3-9-19(16)23/h1-3,5,7-9,15H,4,6,10-13H2,(H,24,26). The Morgan fingerprint density at radius 3 is 2.38 bits per heavy atom. The molecule has 9 heteroatoms. The maximum absolute atomic E-state index is 12.9. The van der Waals surface area contributed by atoms with Gasteiger partial charge in [-0.2, -0.15) is 0 Å². The van der Waals surface area contributed by atoms with Crippen molar-refractivity contribution in [1.29, 1.82) is 0 Å². The van der Waals surface area contributed by atoms with E-state index >= 15 is 0 Å². The van der Waals surface area contributed by atoms with Crippen LogP contribution in [-0.4, -0.2) is 31.7 Å². The number of sulfonamides is 1. The van der Waals surface area contributed by atoms with E-state index in [9.17, 15) is 13.2 Å². The highest BCUT2D eigenvalue weighted by atomic mass is 35.5. The van der Waals surface area contributed by atoms with Crippen LogP contribution in [0.2, 0.25) is 15.1 Å². The minimum absolute atomic E-state index is 0.138. The fraction of sp³-hybridized carbons (Fsp3) is 0.350. The summed E-state index contributed by atoms with van der Waals surface area (Å²) in [7, 11) is -3.66. The maximum atomic E-state index is 12.9. The van der Waals surface area contributed by atoms with Gasteiger partial charge in [0.1, 0.15) is 0 Å². The first-order valence-electron chi connectivity index (χ1n) is 9.20. The molecular formula is C20H21Cl3N2O3S. The third kappa shape index (κ3) is 5.64. The third-order valence-electron chi connectivity index (χ3n) is 4.95. The molecule has 0 radical (unpaired) electrons. The van der Waals surface area contributed by atoms with Gasteiger partial charge in [0.05, 0.1) is 11.7 Å². The normalized spacial score (nSPS) is 17.8. The number of piperidine rings is 1. The van der Waals surface area contributed by atoms with Crippen LogP contribution >= 0.6 is 34.8 Å². The zero-order chi connectivity index (χ0) is 21.0. The summed E-state index contributed by atoms with van der Waals surface area (Å²) in [5.41, 5.74) is 1.19. The number of carbonyl (C=O) groups excluding carboxylic acids is 1. The molecule has 0 aliphatic carbocycles. The quantitative estimate of drug-likeness (QED) is 0.669. The molecule has 1 fully saturated rings. The van der Waals surface area contributed by atoms with Crippen LogP contribution in [0.25, 0.3) is 0 Å². The average Bonchev–Trinajstić information content (AvgIpc) is 2.70. The van der Waals surface area contributed by atoms with Gasteiger partial charge < -0.3 is 5.32 Å². The summed E-state index contributed by atoms with van der Waals surface area (Å²) in [5.74, 6) is -0.886. The monoisotopic (exact) mass is 474 g/mol. The summed E-state index contributed by atoms with van der Waals surface area (Å²) in [6.07, 6.45) is 1.24. The Kier molecular flexibility index (Phi) is 7.46. The van der Waals surface area contributed by atoms with E-state index < -0.39 is 15.9 Å². The molecular weight excluding hydrogens is 455 g/mol. The van der Waals surface area contributed by atoms with Gasteiger partial charge in [-0.3, -0.25) is 4.79 Å². The Labute approximate surface area is 186 Å². The minimum Gasteiger partial charge on any atom is -0.352 e. The Bertz CT molecular complexity index is 978. The highest BCUT2D eigenvalue weighted by molar-refractivity contribution is 7.88. The number of benzene rings is 2. The highest BCUT2D eigenvalue weighted by Gasteiger charge is 2.33. The van der Waals surface area contributed by atoms with Gasteiger partial charge in [-0.15, -0.1) is 0 Å². The Morgan fingerprint density at radius 1 is 1.03 bits per heavy atom. The zero-order valence-corrected chi connectivity index (χ0v) is 18.7. The van der Waals surface area contributed by atoms with E-state index in [1.54, 1.807) is 24.3 Å². The van der Waals surface area contributed by atoms with E-state index in [1.807, 2.05) is 18.2 Å². The van der Waals surface area contributed by atoms with Crippen LogP contribution in [0.1, 0.15) is 24.0 Å². The van der Waals surface area contributed by atoms with E-state index in [0.29, 0.717) is 46.6 Å². The molecule has 1 heterocycles. The SMILES string of the molecule is O=C(NCc1ccccc1Cl)C1CCCN(S(=O)(=O)Cc2c(Cl)cccc2Cl)C1. The van der Waals surface area contributed by atoms with Crippen LogP contribution < -0.4 is 5.32 Å². The van der Waals surface area contributed by atoms with Gasteiger partial charge in [-0.1, -0.05) is 59.1 Å². The Morgan fingerprint density at radius 2 is 1.69 bits per heavy atom. The largest absolute Gasteiger partial charge is 0.352 e. The Hall–Kier alpha value is -1.31. The van der Waals surface area contributed by atoms with Crippen molar-refractivity contribution in [2.24, 2.45) is 5.92 Å². The number of hydrogen-bond donors (Lipinski definition) is 1. The van der Waals surface area contributed by atoms with Crippen LogP contribution in [0.15, 0.2) is 42.5 Å². The topological polar surface area (TPSA) is 66.5 Å². The Balaban J connectivity index is 1.65. The molecule has 0 aromatic heterocycles. The van der Waals surface area contributed by atoms with Crippen molar-refractivity contribution in [2.45, 2.75) is 25.1 Å². The lowest BCUT2D eigenvalue weighted by Gasteiger charge is -2.31. The van der Waals surface area contributed by atoms with Gasteiger partial charge in [0, 0.05) is 40.3 Å². The molecule has 2 aromatic rings. The van der Waals surface area contributed by atoms with E-state index in [-0.39, 0.29) is 18.2 Å². The van der Waals surface area contributed by atoms with Crippen LogP contribution in [0.5, 0.6) is 0 Å². The second-order valence-electron chi connectivity index (χ2n) is 6.96. The molecule has 2 aromatic carbocycles. The molecule has 1 unspecified atom stereocenters. The second kappa shape index (κ2) is 9.67. The molecule has 1 saturated heterocycles. The fourth-order valence-electron chi connectivity index (χ4n) is 3.32. The number of rotatable bonds is 6. The van der Waals surface area contributed by atoms with E-state index in [4.69, 9.17) is 34.8 Å². The predicted octanol–water partition coefficient (Wildman–Crippen LogP) is 4.51. The van der Waals surface area contributed by atoms with Crippen molar-refractivity contribution in [3.63, 3.8) is 0 Å². The van der Waals surface area contributed by atoms with Gasteiger partial charge in [-0.25, -0.2) is 12.7 Å². The van der Waals surface area contributed by atoms with E-state index in [0.717, 1.165) is 5.56 Å². The van der Waals surface area contributed by atoms with E-state index in [1.165, 1.54) is 4.31 Å². The van der Waals surface area contributed by atoms with Crippen molar-refractivity contribution < 1.29 is 13.2 Å². The summed E-state index contributed by atoms with van der Waals surface area (Å²) in [6.45, 7) is 0.814. The number of nitrogens with zero attached hydrogens (tertiary/aromatic N) is 1. The fourth-order valence-corrected chi connectivity index (χ4v) is 5.89. The van der Waals surface area contributed by atoms with Gasteiger partial charge in [-0.05, 0) is 36.6 Å².